The summed E-state index contributed by atoms with van der Waals surface area (Å²) < 4.78 is 0. The molecule has 1 aromatic carbocycles. The minimum atomic E-state index is -0.465. The molecule has 1 amide bonds. The predicted octanol–water partition coefficient (Wildman–Crippen LogP) is 1.97. The standard InChI is InChI=1S/C16H18ClN3O2/c17-8-16(22)20(10-15(21)12-2-3-12)9-11-1-4-13-14(7-11)19-6-5-18-13/h1,4-7,12,15,21H,2-3,8-10H2. The third kappa shape index (κ3) is 3.54. The Balaban J connectivity index is 1.76. The van der Waals surface area contributed by atoms with E-state index >= 15 is 0 Å². The van der Waals surface area contributed by atoms with Crippen molar-refractivity contribution in [1.82, 2.24) is 14.9 Å². The van der Waals surface area contributed by atoms with Crippen LogP contribution in [0.15, 0.2) is 30.6 Å². The molecule has 22 heavy (non-hydrogen) atoms. The number of halogens is 1. The van der Waals surface area contributed by atoms with Crippen LogP contribution in [0.2, 0.25) is 0 Å². The first kappa shape index (κ1) is 15.2. The molecule has 1 aromatic heterocycles. The summed E-state index contributed by atoms with van der Waals surface area (Å²) in [6.07, 6.45) is 4.90. The molecule has 5 nitrogen and oxygen atoms in total. The molecule has 2 aromatic rings. The molecule has 1 atom stereocenters. The van der Waals surface area contributed by atoms with Gasteiger partial charge in [-0.3, -0.25) is 14.8 Å². The molecule has 116 valence electrons. The fourth-order valence-corrected chi connectivity index (χ4v) is 2.69. The van der Waals surface area contributed by atoms with E-state index in [-0.39, 0.29) is 11.8 Å². The van der Waals surface area contributed by atoms with Crippen LogP contribution in [0.4, 0.5) is 0 Å². The molecule has 1 aliphatic rings. The highest BCUT2D eigenvalue weighted by Gasteiger charge is 2.31. The van der Waals surface area contributed by atoms with E-state index in [4.69, 9.17) is 11.6 Å². The lowest BCUT2D eigenvalue weighted by atomic mass is 10.1. The Morgan fingerprint density at radius 2 is 2.05 bits per heavy atom. The molecule has 6 heteroatoms. The molecule has 1 saturated carbocycles. The summed E-state index contributed by atoms with van der Waals surface area (Å²) in [5, 5.41) is 10.1. The smallest absolute Gasteiger partial charge is 0.237 e. The van der Waals surface area contributed by atoms with Crippen LogP contribution in [0.25, 0.3) is 11.0 Å². The first-order valence-corrected chi connectivity index (χ1v) is 7.92. The minimum Gasteiger partial charge on any atom is -0.391 e. The van der Waals surface area contributed by atoms with Gasteiger partial charge in [-0.05, 0) is 36.5 Å². The SMILES string of the molecule is O=C(CCl)N(Cc1ccc2nccnc2c1)CC(O)C1CC1. The topological polar surface area (TPSA) is 66.3 Å². The second-order valence-electron chi connectivity index (χ2n) is 5.69. The van der Waals surface area contributed by atoms with Gasteiger partial charge in [-0.15, -0.1) is 11.6 Å². The number of carbonyl (C=O) groups excluding carboxylic acids is 1. The van der Waals surface area contributed by atoms with Crippen LogP contribution in [0, 0.1) is 5.92 Å². The van der Waals surface area contributed by atoms with E-state index in [0.29, 0.717) is 19.0 Å². The van der Waals surface area contributed by atoms with Crippen molar-refractivity contribution < 1.29 is 9.90 Å². The zero-order valence-corrected chi connectivity index (χ0v) is 12.9. The summed E-state index contributed by atoms with van der Waals surface area (Å²) in [4.78, 5) is 22.1. The zero-order chi connectivity index (χ0) is 15.5. The van der Waals surface area contributed by atoms with Gasteiger partial charge in [0.05, 0.1) is 17.1 Å². The van der Waals surface area contributed by atoms with E-state index < -0.39 is 6.10 Å². The normalized spacial score (nSPS) is 15.7. The van der Waals surface area contributed by atoms with Gasteiger partial charge in [-0.2, -0.15) is 0 Å². The Morgan fingerprint density at radius 3 is 2.73 bits per heavy atom. The first-order valence-electron chi connectivity index (χ1n) is 7.39. The maximum Gasteiger partial charge on any atom is 0.237 e. The third-order valence-corrected chi connectivity index (χ3v) is 4.18. The van der Waals surface area contributed by atoms with E-state index in [0.717, 1.165) is 29.4 Å². The van der Waals surface area contributed by atoms with Crippen LogP contribution < -0.4 is 0 Å². The summed E-state index contributed by atoms with van der Waals surface area (Å²) in [6, 6.07) is 5.73. The number of aliphatic hydroxyl groups excluding tert-OH is 1. The number of aromatic nitrogens is 2. The van der Waals surface area contributed by atoms with Crippen molar-refractivity contribution in [3.8, 4) is 0 Å². The van der Waals surface area contributed by atoms with Crippen molar-refractivity contribution in [2.45, 2.75) is 25.5 Å². The van der Waals surface area contributed by atoms with Crippen molar-refractivity contribution in [1.29, 1.82) is 0 Å². The quantitative estimate of drug-likeness (QED) is 0.827. The highest BCUT2D eigenvalue weighted by atomic mass is 35.5. The number of fused-ring (bicyclic) bond motifs is 1. The number of benzene rings is 1. The Labute approximate surface area is 133 Å². The largest absolute Gasteiger partial charge is 0.391 e. The van der Waals surface area contributed by atoms with Gasteiger partial charge in [-0.25, -0.2) is 0 Å². The number of hydrogen-bond acceptors (Lipinski definition) is 4. The molecule has 0 spiro atoms. The van der Waals surface area contributed by atoms with Crippen molar-refractivity contribution in [3.05, 3.63) is 36.2 Å². The summed E-state index contributed by atoms with van der Waals surface area (Å²) >= 11 is 5.69. The van der Waals surface area contributed by atoms with Crippen molar-refractivity contribution in [2.24, 2.45) is 5.92 Å². The molecule has 1 aliphatic carbocycles. The molecule has 1 N–H and O–H groups in total. The van der Waals surface area contributed by atoms with E-state index in [1.807, 2.05) is 18.2 Å². The Morgan fingerprint density at radius 1 is 1.32 bits per heavy atom. The molecule has 3 rings (SSSR count). The lowest BCUT2D eigenvalue weighted by molar-refractivity contribution is -0.130. The molecule has 0 radical (unpaired) electrons. The molecule has 0 saturated heterocycles. The number of alkyl halides is 1. The Bertz CT molecular complexity index is 675. The number of hydrogen-bond donors (Lipinski definition) is 1. The zero-order valence-electron chi connectivity index (χ0n) is 12.2. The van der Waals surface area contributed by atoms with Crippen LogP contribution in [-0.4, -0.2) is 44.4 Å². The molecule has 0 bridgehead atoms. The van der Waals surface area contributed by atoms with E-state index in [1.165, 1.54) is 0 Å². The molecular formula is C16H18ClN3O2. The van der Waals surface area contributed by atoms with Crippen molar-refractivity contribution in [3.63, 3.8) is 0 Å². The molecule has 1 fully saturated rings. The first-order chi connectivity index (χ1) is 10.7. The molecule has 0 aliphatic heterocycles. The summed E-state index contributed by atoms with van der Waals surface area (Å²) in [7, 11) is 0. The van der Waals surface area contributed by atoms with Gasteiger partial charge < -0.3 is 10.0 Å². The lowest BCUT2D eigenvalue weighted by Gasteiger charge is -2.25. The highest BCUT2D eigenvalue weighted by molar-refractivity contribution is 6.27. The van der Waals surface area contributed by atoms with Gasteiger partial charge in [0.25, 0.3) is 0 Å². The van der Waals surface area contributed by atoms with Crippen LogP contribution in [0.5, 0.6) is 0 Å². The molecule has 1 unspecified atom stereocenters. The second kappa shape index (κ2) is 6.58. The van der Waals surface area contributed by atoms with Crippen LogP contribution in [0.3, 0.4) is 0 Å². The number of amides is 1. The fourth-order valence-electron chi connectivity index (χ4n) is 2.52. The average Bonchev–Trinajstić information content (AvgIpc) is 3.38. The maximum absolute atomic E-state index is 12.0. The van der Waals surface area contributed by atoms with Gasteiger partial charge in [-0.1, -0.05) is 6.07 Å². The van der Waals surface area contributed by atoms with Crippen LogP contribution in [0.1, 0.15) is 18.4 Å². The van der Waals surface area contributed by atoms with Crippen LogP contribution in [-0.2, 0) is 11.3 Å². The van der Waals surface area contributed by atoms with Crippen LogP contribution >= 0.6 is 11.6 Å². The van der Waals surface area contributed by atoms with E-state index in [2.05, 4.69) is 9.97 Å². The third-order valence-electron chi connectivity index (χ3n) is 3.95. The number of rotatable bonds is 6. The Kier molecular flexibility index (Phi) is 4.55. The monoisotopic (exact) mass is 319 g/mol. The average molecular weight is 320 g/mol. The minimum absolute atomic E-state index is 0.0786. The molecular weight excluding hydrogens is 302 g/mol. The summed E-state index contributed by atoms with van der Waals surface area (Å²) in [5.41, 5.74) is 2.56. The van der Waals surface area contributed by atoms with Crippen molar-refractivity contribution in [2.75, 3.05) is 12.4 Å². The second-order valence-corrected chi connectivity index (χ2v) is 5.96. The van der Waals surface area contributed by atoms with E-state index in [9.17, 15) is 9.90 Å². The summed E-state index contributed by atoms with van der Waals surface area (Å²) in [5.74, 6) is 0.0822. The van der Waals surface area contributed by atoms with Crippen molar-refractivity contribution >= 4 is 28.5 Å². The summed E-state index contributed by atoms with van der Waals surface area (Å²) in [6.45, 7) is 0.747. The number of carbonyl (C=O) groups is 1. The lowest BCUT2D eigenvalue weighted by Crippen LogP contribution is -2.38. The highest BCUT2D eigenvalue weighted by Crippen LogP contribution is 2.33. The number of aliphatic hydroxyl groups is 1. The van der Waals surface area contributed by atoms with Gasteiger partial charge >= 0.3 is 0 Å². The van der Waals surface area contributed by atoms with Gasteiger partial charge in [0.2, 0.25) is 5.91 Å². The van der Waals surface area contributed by atoms with Gasteiger partial charge in [0.1, 0.15) is 5.88 Å². The number of nitrogens with zero attached hydrogens (tertiary/aromatic N) is 3. The van der Waals surface area contributed by atoms with Gasteiger partial charge in [0.15, 0.2) is 0 Å². The van der Waals surface area contributed by atoms with E-state index in [1.54, 1.807) is 17.3 Å². The Hall–Kier alpha value is -1.72. The maximum atomic E-state index is 12.0. The predicted molar refractivity (Wildman–Crippen MR) is 84.4 cm³/mol. The van der Waals surface area contributed by atoms with Gasteiger partial charge in [0, 0.05) is 25.5 Å². The fraction of sp³-hybridized carbons (Fsp3) is 0.438. The molecule has 1 heterocycles.